The summed E-state index contributed by atoms with van der Waals surface area (Å²) in [7, 11) is 0. The van der Waals surface area contributed by atoms with E-state index in [1.54, 1.807) is 0 Å². The van der Waals surface area contributed by atoms with Gasteiger partial charge in [0.25, 0.3) is 0 Å². The molecule has 4 aromatic rings. The summed E-state index contributed by atoms with van der Waals surface area (Å²) < 4.78 is 2.02. The molecule has 3 N–H and O–H groups in total. The molecule has 30 heavy (non-hydrogen) atoms. The van der Waals surface area contributed by atoms with Gasteiger partial charge in [-0.2, -0.15) is 5.26 Å². The molecule has 3 aromatic carbocycles. The Balaban J connectivity index is 1.66. The molecule has 148 valence electrons. The predicted octanol–water partition coefficient (Wildman–Crippen LogP) is 4.13. The number of hydrogen-bond donors (Lipinski definition) is 2. The molecule has 0 amide bonds. The van der Waals surface area contributed by atoms with Crippen LogP contribution in [0.5, 0.6) is 0 Å². The zero-order valence-electron chi connectivity index (χ0n) is 16.4. The number of rotatable bonds is 6. The van der Waals surface area contributed by atoms with Crippen LogP contribution in [0.4, 0.5) is 0 Å². The van der Waals surface area contributed by atoms with Crippen molar-refractivity contribution in [2.24, 2.45) is 5.73 Å². The third-order valence-corrected chi connectivity index (χ3v) is 5.12. The topological polar surface area (TPSA) is 87.9 Å². The van der Waals surface area contributed by atoms with Crippen LogP contribution in [0, 0.1) is 11.3 Å². The predicted molar refractivity (Wildman–Crippen MR) is 117 cm³/mol. The molecule has 0 saturated carbocycles. The zero-order valence-corrected chi connectivity index (χ0v) is 16.4. The number of aliphatic hydroxyl groups is 1. The Morgan fingerprint density at radius 2 is 1.77 bits per heavy atom. The van der Waals surface area contributed by atoms with Crippen molar-refractivity contribution < 1.29 is 5.11 Å². The highest BCUT2D eigenvalue weighted by Crippen LogP contribution is 2.27. The molecule has 0 spiro atoms. The molecular weight excluding hydrogens is 372 g/mol. The fourth-order valence-corrected chi connectivity index (χ4v) is 3.50. The molecule has 0 aliphatic rings. The number of imidazole rings is 1. The van der Waals surface area contributed by atoms with Crippen LogP contribution in [0.1, 0.15) is 22.8 Å². The standard InChI is InChI=1S/C25H22N4O/c26-13-18-6-11-23(19-7-9-21(10-8-19)25(30)14-27)22(12-18)15-29-16-24(28-17-29)20-4-2-1-3-5-20/h1-12,16-17,25,30H,14-15,27H2. The van der Waals surface area contributed by atoms with E-state index in [1.165, 1.54) is 0 Å². The summed E-state index contributed by atoms with van der Waals surface area (Å²) in [4.78, 5) is 4.53. The van der Waals surface area contributed by atoms with Gasteiger partial charge in [-0.25, -0.2) is 4.98 Å². The lowest BCUT2D eigenvalue weighted by atomic mass is 9.96. The normalized spacial score (nSPS) is 11.8. The van der Waals surface area contributed by atoms with Crippen molar-refractivity contribution in [3.8, 4) is 28.5 Å². The monoisotopic (exact) mass is 394 g/mol. The molecule has 0 aliphatic carbocycles. The first-order chi connectivity index (χ1) is 14.7. The molecule has 0 bridgehead atoms. The largest absolute Gasteiger partial charge is 0.387 e. The highest BCUT2D eigenvalue weighted by Gasteiger charge is 2.11. The van der Waals surface area contributed by atoms with Crippen molar-refractivity contribution in [2.75, 3.05) is 6.54 Å². The third kappa shape index (κ3) is 4.15. The maximum Gasteiger partial charge on any atom is 0.0991 e. The highest BCUT2D eigenvalue weighted by molar-refractivity contribution is 5.69. The Kier molecular flexibility index (Phi) is 5.71. The molecule has 0 saturated heterocycles. The van der Waals surface area contributed by atoms with Gasteiger partial charge in [-0.1, -0.05) is 60.7 Å². The van der Waals surface area contributed by atoms with Crippen molar-refractivity contribution >= 4 is 0 Å². The van der Waals surface area contributed by atoms with Gasteiger partial charge in [-0.05, 0) is 34.4 Å². The molecule has 1 heterocycles. The van der Waals surface area contributed by atoms with Crippen molar-refractivity contribution in [1.29, 1.82) is 5.26 Å². The third-order valence-electron chi connectivity index (χ3n) is 5.12. The number of nitrogens with zero attached hydrogens (tertiary/aromatic N) is 3. The maximum absolute atomic E-state index is 9.93. The average Bonchev–Trinajstić information content (AvgIpc) is 3.28. The first kappa shape index (κ1) is 19.6. The van der Waals surface area contributed by atoms with Crippen LogP contribution in [0.25, 0.3) is 22.4 Å². The Bertz CT molecular complexity index is 1170. The van der Waals surface area contributed by atoms with E-state index in [9.17, 15) is 10.4 Å². The smallest absolute Gasteiger partial charge is 0.0991 e. The van der Waals surface area contributed by atoms with Crippen LogP contribution >= 0.6 is 0 Å². The van der Waals surface area contributed by atoms with Crippen molar-refractivity contribution in [1.82, 2.24) is 9.55 Å². The van der Waals surface area contributed by atoms with Gasteiger partial charge in [0.15, 0.2) is 0 Å². The molecule has 0 radical (unpaired) electrons. The molecule has 5 heteroatoms. The van der Waals surface area contributed by atoms with Crippen LogP contribution in [-0.4, -0.2) is 21.2 Å². The summed E-state index contributed by atoms with van der Waals surface area (Å²) in [6.07, 6.45) is 3.16. The molecule has 0 fully saturated rings. The van der Waals surface area contributed by atoms with E-state index in [1.807, 2.05) is 89.9 Å². The first-order valence-corrected chi connectivity index (χ1v) is 9.76. The Morgan fingerprint density at radius 3 is 2.47 bits per heavy atom. The number of benzene rings is 3. The lowest BCUT2D eigenvalue weighted by Crippen LogP contribution is -2.11. The van der Waals surface area contributed by atoms with E-state index >= 15 is 0 Å². The second-order valence-corrected chi connectivity index (χ2v) is 7.15. The number of aromatic nitrogens is 2. The van der Waals surface area contributed by atoms with Crippen LogP contribution in [0.15, 0.2) is 85.3 Å². The van der Waals surface area contributed by atoms with E-state index in [2.05, 4.69) is 11.1 Å². The molecule has 4 rings (SSSR count). The van der Waals surface area contributed by atoms with E-state index in [0.717, 1.165) is 33.5 Å². The molecule has 1 atom stereocenters. The van der Waals surface area contributed by atoms with Crippen LogP contribution in [0.2, 0.25) is 0 Å². The molecule has 1 unspecified atom stereocenters. The minimum Gasteiger partial charge on any atom is -0.387 e. The second kappa shape index (κ2) is 8.75. The minimum absolute atomic E-state index is 0.186. The Labute approximate surface area is 175 Å². The van der Waals surface area contributed by atoms with Crippen LogP contribution in [0.3, 0.4) is 0 Å². The SMILES string of the molecule is N#Cc1ccc(-c2ccc(C(O)CN)cc2)c(Cn2cnc(-c3ccccc3)c2)c1. The summed E-state index contributed by atoms with van der Waals surface area (Å²) in [5, 5.41) is 19.3. The fraction of sp³-hybridized carbons (Fsp3) is 0.120. The highest BCUT2D eigenvalue weighted by atomic mass is 16.3. The van der Waals surface area contributed by atoms with Gasteiger partial charge >= 0.3 is 0 Å². The van der Waals surface area contributed by atoms with Gasteiger partial charge in [0.2, 0.25) is 0 Å². The van der Waals surface area contributed by atoms with Gasteiger partial charge in [-0.15, -0.1) is 0 Å². The van der Waals surface area contributed by atoms with Gasteiger partial charge in [0, 0.05) is 24.8 Å². The van der Waals surface area contributed by atoms with E-state index < -0.39 is 6.10 Å². The summed E-state index contributed by atoms with van der Waals surface area (Å²) in [6.45, 7) is 0.781. The Morgan fingerprint density at radius 1 is 1.00 bits per heavy atom. The lowest BCUT2D eigenvalue weighted by Gasteiger charge is -2.13. The molecule has 1 aromatic heterocycles. The summed E-state index contributed by atoms with van der Waals surface area (Å²) in [5.74, 6) is 0. The summed E-state index contributed by atoms with van der Waals surface area (Å²) >= 11 is 0. The van der Waals surface area contributed by atoms with Crippen LogP contribution < -0.4 is 5.73 Å². The number of nitriles is 1. The maximum atomic E-state index is 9.93. The quantitative estimate of drug-likeness (QED) is 0.515. The number of hydrogen-bond acceptors (Lipinski definition) is 4. The van der Waals surface area contributed by atoms with E-state index in [4.69, 9.17) is 5.73 Å². The zero-order chi connectivity index (χ0) is 20.9. The second-order valence-electron chi connectivity index (χ2n) is 7.15. The average molecular weight is 394 g/mol. The molecular formula is C25H22N4O. The van der Waals surface area contributed by atoms with Crippen LogP contribution in [-0.2, 0) is 6.54 Å². The van der Waals surface area contributed by atoms with Gasteiger partial charge in [-0.3, -0.25) is 0 Å². The summed E-state index contributed by atoms with van der Waals surface area (Å²) in [5.41, 5.74) is 12.0. The lowest BCUT2D eigenvalue weighted by molar-refractivity contribution is 0.187. The van der Waals surface area contributed by atoms with Gasteiger partial charge in [0.05, 0.1) is 29.8 Å². The molecule has 0 aliphatic heterocycles. The van der Waals surface area contributed by atoms with E-state index in [-0.39, 0.29) is 6.54 Å². The van der Waals surface area contributed by atoms with Crippen molar-refractivity contribution in [3.05, 3.63) is 102 Å². The fourth-order valence-electron chi connectivity index (χ4n) is 3.50. The van der Waals surface area contributed by atoms with Crippen molar-refractivity contribution in [2.45, 2.75) is 12.6 Å². The first-order valence-electron chi connectivity index (χ1n) is 9.76. The number of nitrogens with two attached hydrogens (primary N) is 1. The minimum atomic E-state index is -0.665. The van der Waals surface area contributed by atoms with Gasteiger partial charge in [0.1, 0.15) is 0 Å². The Hall–Kier alpha value is -3.72. The number of aliphatic hydroxyl groups excluding tert-OH is 1. The van der Waals surface area contributed by atoms with Crippen molar-refractivity contribution in [3.63, 3.8) is 0 Å². The summed E-state index contributed by atoms with van der Waals surface area (Å²) in [6, 6.07) is 25.7. The molecule has 5 nitrogen and oxygen atoms in total. The van der Waals surface area contributed by atoms with Gasteiger partial charge < -0.3 is 15.4 Å². The van der Waals surface area contributed by atoms with E-state index in [0.29, 0.717) is 12.1 Å².